The van der Waals surface area contributed by atoms with Crippen molar-refractivity contribution in [2.45, 2.75) is 66.0 Å². The Kier molecular flexibility index (Phi) is 6.04. The summed E-state index contributed by atoms with van der Waals surface area (Å²) in [6.45, 7) is 10.6. The molecular weight excluding hydrogens is 260 g/mol. The van der Waals surface area contributed by atoms with Crippen LogP contribution in [0.2, 0.25) is 0 Å². The summed E-state index contributed by atoms with van der Waals surface area (Å²) in [5.41, 5.74) is 2.11. The number of hydrogen-bond acceptors (Lipinski definition) is 3. The lowest BCUT2D eigenvalue weighted by atomic mass is 9.89. The molecule has 0 aliphatic heterocycles. The van der Waals surface area contributed by atoms with Crippen molar-refractivity contribution in [2.24, 2.45) is 11.8 Å². The second-order valence-electron chi connectivity index (χ2n) is 6.93. The first-order chi connectivity index (χ1) is 10.0. The van der Waals surface area contributed by atoms with E-state index in [1.165, 1.54) is 25.7 Å². The van der Waals surface area contributed by atoms with Gasteiger partial charge in [-0.2, -0.15) is 0 Å². The molecule has 118 valence electrons. The van der Waals surface area contributed by atoms with Crippen LogP contribution in [0.25, 0.3) is 0 Å². The molecule has 0 aromatic carbocycles. The largest absolute Gasteiger partial charge is 0.488 e. The maximum Gasteiger partial charge on any atom is 0.142 e. The van der Waals surface area contributed by atoms with E-state index in [1.54, 1.807) is 0 Å². The van der Waals surface area contributed by atoms with Crippen LogP contribution in [0, 0.1) is 18.8 Å². The van der Waals surface area contributed by atoms with Crippen LogP contribution in [-0.2, 0) is 6.54 Å². The minimum Gasteiger partial charge on any atom is -0.488 e. The summed E-state index contributed by atoms with van der Waals surface area (Å²) in [5.74, 6) is 2.40. The number of rotatable bonds is 6. The molecule has 0 saturated heterocycles. The van der Waals surface area contributed by atoms with Crippen LogP contribution in [0.1, 0.15) is 57.8 Å². The van der Waals surface area contributed by atoms with Gasteiger partial charge in [0.15, 0.2) is 0 Å². The second kappa shape index (κ2) is 7.79. The molecule has 0 radical (unpaired) electrons. The number of aryl methyl sites for hydroxylation is 1. The fourth-order valence-electron chi connectivity index (χ4n) is 2.98. The number of hydrogen-bond donors (Lipinski definition) is 1. The quantitative estimate of drug-likeness (QED) is 0.856. The highest BCUT2D eigenvalue weighted by molar-refractivity contribution is 5.29. The Morgan fingerprint density at radius 2 is 2.14 bits per heavy atom. The van der Waals surface area contributed by atoms with Crippen LogP contribution in [0.3, 0.4) is 0 Å². The zero-order valence-electron chi connectivity index (χ0n) is 14.0. The number of ether oxygens (including phenoxy) is 1. The van der Waals surface area contributed by atoms with Crippen molar-refractivity contribution in [3.63, 3.8) is 0 Å². The molecule has 3 heteroatoms. The molecule has 1 aromatic rings. The molecular formula is C18H30N2O. The molecule has 1 aliphatic rings. The molecule has 1 aliphatic carbocycles. The minimum absolute atomic E-state index is 0.363. The smallest absolute Gasteiger partial charge is 0.142 e. The predicted octanol–water partition coefficient (Wildman–Crippen LogP) is 4.09. The van der Waals surface area contributed by atoms with E-state index in [2.05, 4.69) is 37.1 Å². The van der Waals surface area contributed by atoms with E-state index in [9.17, 15) is 0 Å². The van der Waals surface area contributed by atoms with Gasteiger partial charge in [0.25, 0.3) is 0 Å². The highest BCUT2D eigenvalue weighted by atomic mass is 16.5. The molecule has 1 saturated carbocycles. The molecule has 1 fully saturated rings. The van der Waals surface area contributed by atoms with Crippen molar-refractivity contribution in [2.75, 3.05) is 6.54 Å². The van der Waals surface area contributed by atoms with Gasteiger partial charge in [-0.05, 0) is 56.7 Å². The third kappa shape index (κ3) is 5.31. The Morgan fingerprint density at radius 1 is 1.33 bits per heavy atom. The molecule has 0 amide bonds. The van der Waals surface area contributed by atoms with Gasteiger partial charge in [0, 0.05) is 12.2 Å². The average molecular weight is 290 g/mol. The van der Waals surface area contributed by atoms with E-state index in [1.807, 2.05) is 13.0 Å². The van der Waals surface area contributed by atoms with Crippen molar-refractivity contribution < 1.29 is 4.74 Å². The molecule has 1 aromatic heterocycles. The van der Waals surface area contributed by atoms with E-state index < -0.39 is 0 Å². The number of nitrogens with zero attached hydrogens (tertiary/aromatic N) is 1. The Morgan fingerprint density at radius 3 is 2.86 bits per heavy atom. The van der Waals surface area contributed by atoms with Crippen molar-refractivity contribution >= 4 is 0 Å². The summed E-state index contributed by atoms with van der Waals surface area (Å²) in [7, 11) is 0. The summed E-state index contributed by atoms with van der Waals surface area (Å²) < 4.78 is 6.27. The van der Waals surface area contributed by atoms with Crippen molar-refractivity contribution in [1.29, 1.82) is 0 Å². The van der Waals surface area contributed by atoms with Crippen LogP contribution in [0.5, 0.6) is 5.75 Å². The van der Waals surface area contributed by atoms with Crippen molar-refractivity contribution in [3.8, 4) is 5.75 Å². The van der Waals surface area contributed by atoms with Crippen LogP contribution >= 0.6 is 0 Å². The molecule has 2 atom stereocenters. The summed E-state index contributed by atoms with van der Waals surface area (Å²) in [6, 6.07) is 4.14. The highest BCUT2D eigenvalue weighted by Gasteiger charge is 2.21. The van der Waals surface area contributed by atoms with E-state index in [0.717, 1.165) is 36.1 Å². The van der Waals surface area contributed by atoms with Gasteiger partial charge >= 0.3 is 0 Å². The maximum absolute atomic E-state index is 6.27. The van der Waals surface area contributed by atoms with E-state index in [-0.39, 0.29) is 0 Å². The van der Waals surface area contributed by atoms with E-state index >= 15 is 0 Å². The standard InChI is InChI=1S/C18H30N2O/c1-13(2)11-19-12-17-18(9-8-15(4)20-17)21-16-7-5-6-14(3)10-16/h8-9,13-14,16,19H,5-7,10-12H2,1-4H3. The second-order valence-corrected chi connectivity index (χ2v) is 6.93. The zero-order valence-corrected chi connectivity index (χ0v) is 14.0. The Balaban J connectivity index is 2.00. The number of nitrogens with one attached hydrogen (secondary N) is 1. The Labute approximate surface area is 129 Å². The lowest BCUT2D eigenvalue weighted by molar-refractivity contribution is 0.127. The van der Waals surface area contributed by atoms with Gasteiger partial charge in [0.1, 0.15) is 5.75 Å². The molecule has 1 N–H and O–H groups in total. The molecule has 3 nitrogen and oxygen atoms in total. The molecule has 21 heavy (non-hydrogen) atoms. The van der Waals surface area contributed by atoms with E-state index in [0.29, 0.717) is 12.0 Å². The SMILES string of the molecule is Cc1ccc(OC2CCCC(C)C2)c(CNCC(C)C)n1. The van der Waals surface area contributed by atoms with Gasteiger partial charge in [-0.25, -0.2) is 0 Å². The van der Waals surface area contributed by atoms with Gasteiger partial charge in [0.2, 0.25) is 0 Å². The van der Waals surface area contributed by atoms with Gasteiger partial charge in [-0.15, -0.1) is 0 Å². The topological polar surface area (TPSA) is 34.1 Å². The monoisotopic (exact) mass is 290 g/mol. The molecule has 2 rings (SSSR count). The van der Waals surface area contributed by atoms with Crippen LogP contribution in [-0.4, -0.2) is 17.6 Å². The summed E-state index contributed by atoms with van der Waals surface area (Å²) in [6.07, 6.45) is 5.34. The number of pyridine rings is 1. The van der Waals surface area contributed by atoms with E-state index in [4.69, 9.17) is 4.74 Å². The fourth-order valence-corrected chi connectivity index (χ4v) is 2.98. The summed E-state index contributed by atoms with van der Waals surface area (Å²) in [4.78, 5) is 4.67. The maximum atomic E-state index is 6.27. The normalized spacial score (nSPS) is 22.5. The van der Waals surface area contributed by atoms with Gasteiger partial charge in [-0.1, -0.05) is 27.2 Å². The van der Waals surface area contributed by atoms with Crippen LogP contribution in [0.15, 0.2) is 12.1 Å². The van der Waals surface area contributed by atoms with Gasteiger partial charge in [0.05, 0.1) is 11.8 Å². The van der Waals surface area contributed by atoms with Crippen LogP contribution in [0.4, 0.5) is 0 Å². The Hall–Kier alpha value is -1.09. The molecule has 0 spiro atoms. The minimum atomic E-state index is 0.363. The zero-order chi connectivity index (χ0) is 15.2. The highest BCUT2D eigenvalue weighted by Crippen LogP contribution is 2.28. The third-order valence-corrected chi connectivity index (χ3v) is 4.10. The number of aromatic nitrogens is 1. The first kappa shape index (κ1) is 16.3. The lowest BCUT2D eigenvalue weighted by Crippen LogP contribution is -2.26. The Bertz CT molecular complexity index is 445. The molecule has 0 bridgehead atoms. The van der Waals surface area contributed by atoms with Gasteiger partial charge < -0.3 is 10.1 Å². The van der Waals surface area contributed by atoms with Crippen molar-refractivity contribution in [3.05, 3.63) is 23.5 Å². The summed E-state index contributed by atoms with van der Waals surface area (Å²) in [5, 5.41) is 3.47. The van der Waals surface area contributed by atoms with Gasteiger partial charge in [-0.3, -0.25) is 4.98 Å². The molecule has 1 heterocycles. The first-order valence-corrected chi connectivity index (χ1v) is 8.38. The van der Waals surface area contributed by atoms with Crippen molar-refractivity contribution in [1.82, 2.24) is 10.3 Å². The molecule has 2 unspecified atom stereocenters. The third-order valence-electron chi connectivity index (χ3n) is 4.10. The predicted molar refractivity (Wildman–Crippen MR) is 87.6 cm³/mol. The lowest BCUT2D eigenvalue weighted by Gasteiger charge is -2.28. The van der Waals surface area contributed by atoms with Crippen LogP contribution < -0.4 is 10.1 Å². The summed E-state index contributed by atoms with van der Waals surface area (Å²) >= 11 is 0. The first-order valence-electron chi connectivity index (χ1n) is 8.38. The average Bonchev–Trinajstić information content (AvgIpc) is 2.41. The fraction of sp³-hybridized carbons (Fsp3) is 0.722.